The molecule has 4 rings (SSSR count). The van der Waals surface area contributed by atoms with Crippen molar-refractivity contribution >= 4 is 35.1 Å². The minimum Gasteiger partial charge on any atom is -0.487 e. The van der Waals surface area contributed by atoms with E-state index in [0.29, 0.717) is 23.0 Å². The number of carboxylic acid groups (broad SMARTS) is 1. The zero-order chi connectivity index (χ0) is 25.0. The maximum absolute atomic E-state index is 13.0. The van der Waals surface area contributed by atoms with Gasteiger partial charge in [-0.15, -0.1) is 0 Å². The quantitative estimate of drug-likeness (QED) is 0.404. The molecular weight excluding hydrogens is 485 g/mol. The van der Waals surface area contributed by atoms with Gasteiger partial charge in [-0.3, -0.25) is 9.59 Å². The summed E-state index contributed by atoms with van der Waals surface area (Å²) in [5.74, 6) is -0.429. The molecule has 1 amide bonds. The molecule has 3 aromatic rings. The largest absolute Gasteiger partial charge is 0.487 e. The molecule has 35 heavy (non-hydrogen) atoms. The van der Waals surface area contributed by atoms with Crippen molar-refractivity contribution < 1.29 is 19.4 Å². The summed E-state index contributed by atoms with van der Waals surface area (Å²) in [5, 5.41) is 10.7. The monoisotopic (exact) mass is 511 g/mol. The Labute approximate surface area is 215 Å². The molecular formula is C28H27Cl2NO4. The Balaban J connectivity index is 1.40. The predicted octanol–water partition coefficient (Wildman–Crippen LogP) is 5.63. The first-order valence-electron chi connectivity index (χ1n) is 11.5. The summed E-state index contributed by atoms with van der Waals surface area (Å²) in [6, 6.07) is 20.9. The maximum Gasteiger partial charge on any atom is 0.323 e. The average molecular weight is 512 g/mol. The molecule has 0 bridgehead atoms. The van der Waals surface area contributed by atoms with Gasteiger partial charge in [-0.05, 0) is 65.9 Å². The van der Waals surface area contributed by atoms with Gasteiger partial charge >= 0.3 is 5.97 Å². The van der Waals surface area contributed by atoms with E-state index in [1.54, 1.807) is 12.1 Å². The van der Waals surface area contributed by atoms with Gasteiger partial charge in [-0.25, -0.2) is 0 Å². The Morgan fingerprint density at radius 1 is 0.943 bits per heavy atom. The molecule has 1 N–H and O–H groups in total. The molecule has 1 heterocycles. The number of hydrogen-bond donors (Lipinski definition) is 1. The van der Waals surface area contributed by atoms with Crippen LogP contribution in [0.25, 0.3) is 0 Å². The Morgan fingerprint density at radius 2 is 1.54 bits per heavy atom. The number of fused-ring (bicyclic) bond motifs is 1. The molecule has 0 saturated heterocycles. The van der Waals surface area contributed by atoms with Crippen molar-refractivity contribution in [2.45, 2.75) is 38.2 Å². The molecule has 7 heteroatoms. The lowest BCUT2D eigenvalue weighted by Crippen LogP contribution is -2.38. The van der Waals surface area contributed by atoms with E-state index >= 15 is 0 Å². The van der Waals surface area contributed by atoms with Gasteiger partial charge in [0, 0.05) is 29.4 Å². The van der Waals surface area contributed by atoms with E-state index in [-0.39, 0.29) is 24.5 Å². The highest BCUT2D eigenvalue weighted by Crippen LogP contribution is 2.37. The van der Waals surface area contributed by atoms with Crippen LogP contribution in [0.2, 0.25) is 10.0 Å². The Morgan fingerprint density at radius 3 is 2.17 bits per heavy atom. The SMILES string of the molecule is C[C@@]1(Cc2ccc(Cl)cc2)Cc2cc(CC(=O)N(CCc3ccc(Cl)cc3)CC(=O)O)ccc2O1. The van der Waals surface area contributed by atoms with E-state index in [0.717, 1.165) is 40.8 Å². The van der Waals surface area contributed by atoms with Gasteiger partial charge < -0.3 is 14.7 Å². The van der Waals surface area contributed by atoms with Gasteiger partial charge in [0.15, 0.2) is 0 Å². The predicted molar refractivity (Wildman–Crippen MR) is 137 cm³/mol. The first-order valence-corrected chi connectivity index (χ1v) is 12.2. The highest BCUT2D eigenvalue weighted by Gasteiger charge is 2.35. The number of carboxylic acids is 1. The summed E-state index contributed by atoms with van der Waals surface area (Å²) in [4.78, 5) is 25.8. The minimum atomic E-state index is -1.03. The third kappa shape index (κ3) is 6.77. The lowest BCUT2D eigenvalue weighted by atomic mass is 9.91. The molecule has 182 valence electrons. The van der Waals surface area contributed by atoms with Crippen LogP contribution >= 0.6 is 23.2 Å². The van der Waals surface area contributed by atoms with Crippen molar-refractivity contribution in [1.82, 2.24) is 4.90 Å². The number of hydrogen-bond acceptors (Lipinski definition) is 3. The second kappa shape index (κ2) is 10.7. The zero-order valence-electron chi connectivity index (χ0n) is 19.5. The van der Waals surface area contributed by atoms with Crippen molar-refractivity contribution in [2.75, 3.05) is 13.1 Å². The highest BCUT2D eigenvalue weighted by molar-refractivity contribution is 6.30. The van der Waals surface area contributed by atoms with Gasteiger partial charge in [0.1, 0.15) is 17.9 Å². The second-order valence-electron chi connectivity index (χ2n) is 9.24. The minimum absolute atomic E-state index is 0.134. The third-order valence-corrected chi connectivity index (χ3v) is 6.66. The normalized spacial score (nSPS) is 16.4. The molecule has 0 saturated carbocycles. The highest BCUT2D eigenvalue weighted by atomic mass is 35.5. The molecule has 0 radical (unpaired) electrons. The van der Waals surface area contributed by atoms with Crippen LogP contribution in [0.4, 0.5) is 0 Å². The number of ether oxygens (including phenoxy) is 1. The number of nitrogens with zero attached hydrogens (tertiary/aromatic N) is 1. The van der Waals surface area contributed by atoms with E-state index in [1.807, 2.05) is 54.6 Å². The summed E-state index contributed by atoms with van der Waals surface area (Å²) in [5.41, 5.74) is 3.65. The Kier molecular flexibility index (Phi) is 7.68. The van der Waals surface area contributed by atoms with Gasteiger partial charge in [-0.2, -0.15) is 0 Å². The van der Waals surface area contributed by atoms with Gasteiger partial charge in [0.25, 0.3) is 0 Å². The molecule has 1 atom stereocenters. The molecule has 1 aliphatic rings. The molecule has 0 fully saturated rings. The van der Waals surface area contributed by atoms with Crippen molar-refractivity contribution in [3.8, 4) is 5.75 Å². The van der Waals surface area contributed by atoms with E-state index in [4.69, 9.17) is 27.9 Å². The fourth-order valence-corrected chi connectivity index (χ4v) is 4.73. The van der Waals surface area contributed by atoms with E-state index in [1.165, 1.54) is 4.90 Å². The van der Waals surface area contributed by atoms with Crippen LogP contribution < -0.4 is 4.74 Å². The molecule has 0 aliphatic carbocycles. The van der Waals surface area contributed by atoms with E-state index in [2.05, 4.69) is 6.92 Å². The fourth-order valence-electron chi connectivity index (χ4n) is 4.47. The fraction of sp³-hybridized carbons (Fsp3) is 0.286. The van der Waals surface area contributed by atoms with Crippen molar-refractivity contribution in [1.29, 1.82) is 0 Å². The van der Waals surface area contributed by atoms with Crippen LogP contribution in [0.3, 0.4) is 0 Å². The molecule has 1 aliphatic heterocycles. The summed E-state index contributed by atoms with van der Waals surface area (Å²) in [6.07, 6.45) is 2.15. The van der Waals surface area contributed by atoms with Crippen molar-refractivity contribution in [3.63, 3.8) is 0 Å². The maximum atomic E-state index is 13.0. The summed E-state index contributed by atoms with van der Waals surface area (Å²) in [6.45, 7) is 2.07. The molecule has 0 unspecified atom stereocenters. The average Bonchev–Trinajstić information content (AvgIpc) is 3.14. The first kappa shape index (κ1) is 25.1. The second-order valence-corrected chi connectivity index (χ2v) is 10.1. The Bertz CT molecular complexity index is 1210. The van der Waals surface area contributed by atoms with Gasteiger partial charge in [0.05, 0.1) is 6.42 Å². The summed E-state index contributed by atoms with van der Waals surface area (Å²) < 4.78 is 6.27. The van der Waals surface area contributed by atoms with E-state index < -0.39 is 5.97 Å². The molecule has 5 nitrogen and oxygen atoms in total. The van der Waals surface area contributed by atoms with Crippen LogP contribution in [-0.4, -0.2) is 40.6 Å². The van der Waals surface area contributed by atoms with Crippen molar-refractivity contribution in [3.05, 3.63) is 99.0 Å². The smallest absolute Gasteiger partial charge is 0.323 e. The van der Waals surface area contributed by atoms with Gasteiger partial charge in [-0.1, -0.05) is 59.6 Å². The van der Waals surface area contributed by atoms with Crippen LogP contribution in [0.15, 0.2) is 66.7 Å². The first-order chi connectivity index (χ1) is 16.7. The zero-order valence-corrected chi connectivity index (χ0v) is 21.0. The standard InChI is InChI=1S/C28H27Cl2NO4/c1-28(16-20-4-9-24(30)10-5-20)17-22-14-21(6-11-25(22)35-28)15-26(32)31(18-27(33)34)13-12-19-2-7-23(29)8-3-19/h2-11,14H,12-13,15-18H2,1H3,(H,33,34)/t28-/m1/s1. The summed E-state index contributed by atoms with van der Waals surface area (Å²) >= 11 is 11.9. The van der Waals surface area contributed by atoms with Crippen LogP contribution in [0.5, 0.6) is 5.75 Å². The van der Waals surface area contributed by atoms with Crippen LogP contribution in [-0.2, 0) is 35.3 Å². The lowest BCUT2D eigenvalue weighted by molar-refractivity contribution is -0.144. The molecule has 3 aromatic carbocycles. The van der Waals surface area contributed by atoms with Crippen LogP contribution in [0.1, 0.15) is 29.2 Å². The number of rotatable bonds is 9. The Hall–Kier alpha value is -3.02. The number of benzene rings is 3. The van der Waals surface area contributed by atoms with Gasteiger partial charge in [0.2, 0.25) is 5.91 Å². The topological polar surface area (TPSA) is 66.8 Å². The van der Waals surface area contributed by atoms with Crippen molar-refractivity contribution in [2.24, 2.45) is 0 Å². The number of carbonyl (C=O) groups excluding carboxylic acids is 1. The number of aliphatic carboxylic acids is 1. The molecule has 0 aromatic heterocycles. The number of amides is 1. The third-order valence-electron chi connectivity index (χ3n) is 6.15. The lowest BCUT2D eigenvalue weighted by Gasteiger charge is -2.24. The van der Waals surface area contributed by atoms with Crippen LogP contribution in [0, 0.1) is 0 Å². The number of halogens is 2. The van der Waals surface area contributed by atoms with E-state index in [9.17, 15) is 14.7 Å². The summed E-state index contributed by atoms with van der Waals surface area (Å²) in [7, 11) is 0. The molecule has 0 spiro atoms. The number of carbonyl (C=O) groups is 2.